The van der Waals surface area contributed by atoms with Crippen LogP contribution in [0.3, 0.4) is 0 Å². The molecule has 4 nitrogen and oxygen atoms in total. The lowest BCUT2D eigenvalue weighted by Gasteiger charge is -2.15. The number of nitrogens with zero attached hydrogens (tertiary/aromatic N) is 1. The summed E-state index contributed by atoms with van der Waals surface area (Å²) in [6.45, 7) is 4.49. The highest BCUT2D eigenvalue weighted by Crippen LogP contribution is 2.13. The fourth-order valence-electron chi connectivity index (χ4n) is 2.04. The third-order valence-corrected chi connectivity index (χ3v) is 3.34. The van der Waals surface area contributed by atoms with Gasteiger partial charge in [0, 0.05) is 18.8 Å². The maximum absolute atomic E-state index is 11.8. The molecule has 1 aromatic carbocycles. The molecule has 0 aliphatic heterocycles. The summed E-state index contributed by atoms with van der Waals surface area (Å²) >= 11 is 0. The molecule has 1 atom stereocenters. The lowest BCUT2D eigenvalue weighted by Crippen LogP contribution is -2.33. The molecule has 2 rings (SSSR count). The van der Waals surface area contributed by atoms with Crippen molar-refractivity contribution < 1.29 is 9.53 Å². The molecule has 4 heteroatoms. The van der Waals surface area contributed by atoms with Gasteiger partial charge in [0.25, 0.3) is 0 Å². The average Bonchev–Trinajstić information content (AvgIpc) is 2.54. The molecular formula is C18H22N2O2. The second-order valence-electron chi connectivity index (χ2n) is 5.40. The van der Waals surface area contributed by atoms with E-state index >= 15 is 0 Å². The van der Waals surface area contributed by atoms with Gasteiger partial charge in [0.15, 0.2) is 0 Å². The summed E-state index contributed by atoms with van der Waals surface area (Å²) in [4.78, 5) is 15.8. The van der Waals surface area contributed by atoms with E-state index in [1.807, 2.05) is 50.2 Å². The van der Waals surface area contributed by atoms with Crippen molar-refractivity contribution in [3.8, 4) is 5.75 Å². The van der Waals surface area contributed by atoms with Crippen molar-refractivity contribution in [2.45, 2.75) is 32.8 Å². The molecule has 0 bridgehead atoms. The average molecular weight is 298 g/mol. The number of carbonyl (C=O) groups excluding carboxylic acids is 1. The van der Waals surface area contributed by atoms with E-state index in [1.54, 1.807) is 12.4 Å². The summed E-state index contributed by atoms with van der Waals surface area (Å²) < 4.78 is 5.76. The summed E-state index contributed by atoms with van der Waals surface area (Å²) in [5.41, 5.74) is 2.32. The zero-order valence-corrected chi connectivity index (χ0v) is 13.1. The summed E-state index contributed by atoms with van der Waals surface area (Å²) in [7, 11) is 0. The minimum absolute atomic E-state index is 0.0381. The first-order valence-corrected chi connectivity index (χ1v) is 7.52. The first kappa shape index (κ1) is 16.0. The van der Waals surface area contributed by atoms with Crippen molar-refractivity contribution in [2.75, 3.05) is 6.54 Å². The molecule has 0 aliphatic carbocycles. The summed E-state index contributed by atoms with van der Waals surface area (Å²) in [5, 5.41) is 2.90. The van der Waals surface area contributed by atoms with Crippen LogP contribution in [0.25, 0.3) is 0 Å². The molecule has 1 amide bonds. The van der Waals surface area contributed by atoms with Crippen LogP contribution in [0.2, 0.25) is 0 Å². The second kappa shape index (κ2) is 8.17. The Kier molecular flexibility index (Phi) is 5.95. The summed E-state index contributed by atoms with van der Waals surface area (Å²) in [6, 6.07) is 11.8. The fourth-order valence-corrected chi connectivity index (χ4v) is 2.04. The number of hydrogen-bond donors (Lipinski definition) is 1. The van der Waals surface area contributed by atoms with Gasteiger partial charge in [0.1, 0.15) is 11.9 Å². The van der Waals surface area contributed by atoms with Gasteiger partial charge in [-0.15, -0.1) is 0 Å². The largest absolute Gasteiger partial charge is 0.489 e. The van der Waals surface area contributed by atoms with E-state index in [-0.39, 0.29) is 12.0 Å². The fraction of sp³-hybridized carbons (Fsp3) is 0.333. The number of carbonyl (C=O) groups is 1. The molecule has 0 spiro atoms. The van der Waals surface area contributed by atoms with Crippen LogP contribution in [0, 0.1) is 6.92 Å². The molecule has 0 saturated carbocycles. The SMILES string of the molecule is Cc1ccc(O[C@@H](C)CNC(=O)CCc2ccncc2)cc1. The van der Waals surface area contributed by atoms with E-state index in [2.05, 4.69) is 10.3 Å². The van der Waals surface area contributed by atoms with E-state index in [9.17, 15) is 4.79 Å². The van der Waals surface area contributed by atoms with Crippen LogP contribution >= 0.6 is 0 Å². The number of aromatic nitrogens is 1. The minimum atomic E-state index is -0.0624. The predicted molar refractivity (Wildman–Crippen MR) is 86.8 cm³/mol. The molecule has 1 aromatic heterocycles. The van der Waals surface area contributed by atoms with Crippen molar-refractivity contribution in [1.82, 2.24) is 10.3 Å². The van der Waals surface area contributed by atoms with Gasteiger partial charge in [-0.2, -0.15) is 0 Å². The van der Waals surface area contributed by atoms with Crippen molar-refractivity contribution >= 4 is 5.91 Å². The minimum Gasteiger partial charge on any atom is -0.489 e. The Morgan fingerprint density at radius 3 is 2.55 bits per heavy atom. The molecule has 116 valence electrons. The predicted octanol–water partition coefficient (Wildman–Crippen LogP) is 2.91. The zero-order chi connectivity index (χ0) is 15.8. The van der Waals surface area contributed by atoms with Crippen LogP contribution in [-0.2, 0) is 11.2 Å². The van der Waals surface area contributed by atoms with Gasteiger partial charge in [0.2, 0.25) is 5.91 Å². The lowest BCUT2D eigenvalue weighted by molar-refractivity contribution is -0.121. The number of benzene rings is 1. The lowest BCUT2D eigenvalue weighted by atomic mass is 10.1. The third-order valence-electron chi connectivity index (χ3n) is 3.34. The van der Waals surface area contributed by atoms with E-state index < -0.39 is 0 Å². The molecule has 1 N–H and O–H groups in total. The number of pyridine rings is 1. The normalized spacial score (nSPS) is 11.7. The quantitative estimate of drug-likeness (QED) is 0.855. The third kappa shape index (κ3) is 5.56. The Balaban J connectivity index is 1.68. The maximum Gasteiger partial charge on any atom is 0.220 e. The van der Waals surface area contributed by atoms with Crippen LogP contribution in [-0.4, -0.2) is 23.5 Å². The van der Waals surface area contributed by atoms with Gasteiger partial charge >= 0.3 is 0 Å². The van der Waals surface area contributed by atoms with Crippen LogP contribution in [0.5, 0.6) is 5.75 Å². The number of ether oxygens (including phenoxy) is 1. The maximum atomic E-state index is 11.8. The van der Waals surface area contributed by atoms with E-state index in [4.69, 9.17) is 4.74 Å². The molecule has 0 unspecified atom stereocenters. The Bertz CT molecular complexity index is 582. The highest BCUT2D eigenvalue weighted by molar-refractivity contribution is 5.76. The van der Waals surface area contributed by atoms with Crippen molar-refractivity contribution in [2.24, 2.45) is 0 Å². The number of hydrogen-bond acceptors (Lipinski definition) is 3. The molecule has 0 fully saturated rings. The highest BCUT2D eigenvalue weighted by Gasteiger charge is 2.07. The van der Waals surface area contributed by atoms with Crippen LogP contribution in [0.15, 0.2) is 48.8 Å². The molecule has 0 aliphatic rings. The topological polar surface area (TPSA) is 51.2 Å². The van der Waals surface area contributed by atoms with Gasteiger partial charge < -0.3 is 10.1 Å². The van der Waals surface area contributed by atoms with E-state index in [0.717, 1.165) is 17.7 Å². The molecule has 2 aromatic rings. The Hall–Kier alpha value is -2.36. The van der Waals surface area contributed by atoms with Crippen molar-refractivity contribution in [3.63, 3.8) is 0 Å². The Labute approximate surface area is 131 Å². The Morgan fingerprint density at radius 1 is 1.18 bits per heavy atom. The number of aryl methyl sites for hydroxylation is 2. The second-order valence-corrected chi connectivity index (χ2v) is 5.40. The molecular weight excluding hydrogens is 276 g/mol. The van der Waals surface area contributed by atoms with Crippen molar-refractivity contribution in [1.29, 1.82) is 0 Å². The van der Waals surface area contributed by atoms with E-state index in [1.165, 1.54) is 5.56 Å². The first-order chi connectivity index (χ1) is 10.6. The van der Waals surface area contributed by atoms with Crippen LogP contribution < -0.4 is 10.1 Å². The molecule has 0 saturated heterocycles. The number of amides is 1. The number of rotatable bonds is 7. The van der Waals surface area contributed by atoms with E-state index in [0.29, 0.717) is 13.0 Å². The summed E-state index contributed by atoms with van der Waals surface area (Å²) in [6.07, 6.45) is 4.62. The molecule has 0 radical (unpaired) electrons. The smallest absolute Gasteiger partial charge is 0.220 e. The van der Waals surface area contributed by atoms with Crippen LogP contribution in [0.4, 0.5) is 0 Å². The van der Waals surface area contributed by atoms with Crippen LogP contribution in [0.1, 0.15) is 24.5 Å². The van der Waals surface area contributed by atoms with Gasteiger partial charge in [-0.05, 0) is 50.1 Å². The number of nitrogens with one attached hydrogen (secondary N) is 1. The summed E-state index contributed by atoms with van der Waals surface area (Å²) in [5.74, 6) is 0.861. The van der Waals surface area contributed by atoms with Gasteiger partial charge in [-0.1, -0.05) is 17.7 Å². The molecule has 22 heavy (non-hydrogen) atoms. The standard InChI is InChI=1S/C18H22N2O2/c1-14-3-6-17(7-4-14)22-15(2)13-20-18(21)8-5-16-9-11-19-12-10-16/h3-4,6-7,9-12,15H,5,8,13H2,1-2H3,(H,20,21)/t15-/m0/s1. The van der Waals surface area contributed by atoms with Gasteiger partial charge in [0.05, 0.1) is 6.54 Å². The molecule has 1 heterocycles. The first-order valence-electron chi connectivity index (χ1n) is 7.52. The monoisotopic (exact) mass is 298 g/mol. The van der Waals surface area contributed by atoms with Gasteiger partial charge in [-0.3, -0.25) is 9.78 Å². The Morgan fingerprint density at radius 2 is 1.86 bits per heavy atom. The van der Waals surface area contributed by atoms with Crippen molar-refractivity contribution in [3.05, 3.63) is 59.9 Å². The van der Waals surface area contributed by atoms with Gasteiger partial charge in [-0.25, -0.2) is 0 Å². The zero-order valence-electron chi connectivity index (χ0n) is 13.1. The highest BCUT2D eigenvalue weighted by atomic mass is 16.5.